The summed E-state index contributed by atoms with van der Waals surface area (Å²) in [5.41, 5.74) is 10.3. The van der Waals surface area contributed by atoms with E-state index in [1.54, 1.807) is 0 Å². The van der Waals surface area contributed by atoms with Gasteiger partial charge in [0.1, 0.15) is 0 Å². The molecule has 0 atom stereocenters. The summed E-state index contributed by atoms with van der Waals surface area (Å²) in [6.07, 6.45) is 0. The first-order valence-electron chi connectivity index (χ1n) is 13.4. The molecule has 41 heavy (non-hydrogen) atoms. The van der Waals surface area contributed by atoms with Crippen LogP contribution >= 0.6 is 0 Å². The zero-order chi connectivity index (χ0) is 27.8. The van der Waals surface area contributed by atoms with Crippen LogP contribution in [0.3, 0.4) is 0 Å². The first kappa shape index (κ1) is 24.2. The van der Waals surface area contributed by atoms with E-state index in [1.807, 2.05) is 54.6 Å². The van der Waals surface area contributed by atoms with Gasteiger partial charge in [0, 0.05) is 16.5 Å². The fraction of sp³-hybridized carbons (Fsp3) is 0. The highest BCUT2D eigenvalue weighted by Gasteiger charge is 2.14. The van der Waals surface area contributed by atoms with Crippen molar-refractivity contribution in [2.75, 3.05) is 0 Å². The second-order valence-electron chi connectivity index (χ2n) is 10.1. The summed E-state index contributed by atoms with van der Waals surface area (Å²) in [5, 5.41) is 12.3. The third-order valence-electron chi connectivity index (χ3n) is 7.57. The fourth-order valence-electron chi connectivity index (χ4n) is 5.69. The maximum absolute atomic E-state index is 9.95. The third kappa shape index (κ3) is 4.33. The molecule has 0 aliphatic heterocycles. The lowest BCUT2D eigenvalue weighted by atomic mass is 9.94. The number of nitriles is 1. The molecule has 0 spiro atoms. The van der Waals surface area contributed by atoms with Crippen molar-refractivity contribution < 1.29 is 0 Å². The van der Waals surface area contributed by atoms with Crippen molar-refractivity contribution in [3.05, 3.63) is 157 Å². The molecule has 3 nitrogen and oxygen atoms in total. The van der Waals surface area contributed by atoms with Crippen LogP contribution in [-0.2, 0) is 0 Å². The zero-order valence-electron chi connectivity index (χ0n) is 22.1. The van der Waals surface area contributed by atoms with Gasteiger partial charge in [0.15, 0.2) is 5.69 Å². The van der Waals surface area contributed by atoms with Crippen molar-refractivity contribution in [3.63, 3.8) is 0 Å². The minimum atomic E-state index is 0.550. The molecule has 0 saturated heterocycles. The molecule has 3 heteroatoms. The van der Waals surface area contributed by atoms with Gasteiger partial charge in [-0.1, -0.05) is 84.9 Å². The number of hydrogen-bond donors (Lipinski definition) is 0. The van der Waals surface area contributed by atoms with Crippen LogP contribution in [0.1, 0.15) is 5.56 Å². The Hall–Kier alpha value is -5.90. The lowest BCUT2D eigenvalue weighted by Crippen LogP contribution is -1.95. The van der Waals surface area contributed by atoms with Crippen LogP contribution < -0.4 is 0 Å². The Morgan fingerprint density at radius 2 is 1.05 bits per heavy atom. The largest absolute Gasteiger partial charge is 0.310 e. The standard InChI is InChI=1S/C38H23N3/c1-40-33-22-32(23-34(24-33)41-37-16-7-5-14-35(37)36-15-6-8-17-38(36)41)31-19-26(25-39)18-30(21-31)29-13-9-12-28(20-29)27-10-3-2-4-11-27/h2-24H. The van der Waals surface area contributed by atoms with Crippen LogP contribution in [0.25, 0.3) is 65.7 Å². The summed E-state index contributed by atoms with van der Waals surface area (Å²) in [6, 6.07) is 49.7. The number of nitrogens with zero attached hydrogens (tertiary/aromatic N) is 3. The van der Waals surface area contributed by atoms with E-state index >= 15 is 0 Å². The highest BCUT2D eigenvalue weighted by molar-refractivity contribution is 6.09. The molecule has 0 saturated carbocycles. The van der Waals surface area contributed by atoms with E-state index in [0.29, 0.717) is 11.3 Å². The Bertz CT molecular complexity index is 2120. The number of rotatable bonds is 4. The van der Waals surface area contributed by atoms with E-state index in [1.165, 1.54) is 10.8 Å². The predicted octanol–water partition coefficient (Wildman–Crippen LogP) is 10.2. The van der Waals surface area contributed by atoms with Crippen LogP contribution in [0.2, 0.25) is 0 Å². The van der Waals surface area contributed by atoms with Gasteiger partial charge in [0.05, 0.1) is 29.2 Å². The van der Waals surface area contributed by atoms with E-state index < -0.39 is 0 Å². The molecular formula is C38H23N3. The topological polar surface area (TPSA) is 33.1 Å². The SMILES string of the molecule is [C-]#[N+]c1cc(-c2cc(C#N)cc(-c3cccc(-c4ccccc4)c3)c2)cc(-n2c3ccccc3c3ccccc32)c1. The number of aromatic nitrogens is 1. The quantitative estimate of drug-likeness (QED) is 0.212. The van der Waals surface area contributed by atoms with Crippen LogP contribution in [0.5, 0.6) is 0 Å². The smallest absolute Gasteiger partial charge is 0.189 e. The minimum absolute atomic E-state index is 0.550. The Balaban J connectivity index is 1.41. The van der Waals surface area contributed by atoms with Crippen LogP contribution in [0, 0.1) is 17.9 Å². The number of hydrogen-bond acceptors (Lipinski definition) is 1. The minimum Gasteiger partial charge on any atom is -0.310 e. The van der Waals surface area contributed by atoms with Crippen molar-refractivity contribution in [1.82, 2.24) is 4.57 Å². The van der Waals surface area contributed by atoms with Crippen LogP contribution in [-0.4, -0.2) is 4.57 Å². The Kier molecular flexibility index (Phi) is 5.90. The van der Waals surface area contributed by atoms with Gasteiger partial charge in [0.2, 0.25) is 0 Å². The Morgan fingerprint density at radius 1 is 0.512 bits per heavy atom. The third-order valence-corrected chi connectivity index (χ3v) is 7.57. The summed E-state index contributed by atoms with van der Waals surface area (Å²) >= 11 is 0. The molecule has 0 aliphatic carbocycles. The molecule has 7 rings (SSSR count). The molecule has 6 aromatic carbocycles. The van der Waals surface area contributed by atoms with Crippen molar-refractivity contribution in [2.45, 2.75) is 0 Å². The molecule has 190 valence electrons. The maximum atomic E-state index is 9.95. The molecule has 0 fully saturated rings. The van der Waals surface area contributed by atoms with E-state index in [0.717, 1.165) is 50.1 Å². The summed E-state index contributed by atoms with van der Waals surface area (Å²) in [4.78, 5) is 3.83. The van der Waals surface area contributed by atoms with Gasteiger partial charge in [0.25, 0.3) is 0 Å². The predicted molar refractivity (Wildman–Crippen MR) is 168 cm³/mol. The molecule has 0 unspecified atom stereocenters. The zero-order valence-corrected chi connectivity index (χ0v) is 22.1. The molecule has 0 aliphatic rings. The molecule has 0 bridgehead atoms. The highest BCUT2D eigenvalue weighted by Crippen LogP contribution is 2.37. The van der Waals surface area contributed by atoms with Crippen LogP contribution in [0.15, 0.2) is 140 Å². The molecule has 0 amide bonds. The first-order valence-corrected chi connectivity index (χ1v) is 13.4. The summed E-state index contributed by atoms with van der Waals surface area (Å²) in [5.74, 6) is 0. The second-order valence-corrected chi connectivity index (χ2v) is 10.1. The van der Waals surface area contributed by atoms with Crippen molar-refractivity contribution in [1.29, 1.82) is 5.26 Å². The fourth-order valence-corrected chi connectivity index (χ4v) is 5.69. The summed E-state index contributed by atoms with van der Waals surface area (Å²) in [6.45, 7) is 7.87. The van der Waals surface area contributed by atoms with Crippen molar-refractivity contribution in [3.8, 4) is 45.1 Å². The lowest BCUT2D eigenvalue weighted by Gasteiger charge is -2.13. The van der Waals surface area contributed by atoms with Gasteiger partial charge in [-0.25, -0.2) is 4.85 Å². The Labute approximate surface area is 238 Å². The molecule has 1 aromatic heterocycles. The summed E-state index contributed by atoms with van der Waals surface area (Å²) in [7, 11) is 0. The van der Waals surface area contributed by atoms with E-state index in [9.17, 15) is 5.26 Å². The number of para-hydroxylation sites is 2. The summed E-state index contributed by atoms with van der Waals surface area (Å²) < 4.78 is 2.22. The number of benzene rings is 6. The van der Waals surface area contributed by atoms with Gasteiger partial charge in [-0.15, -0.1) is 0 Å². The Morgan fingerprint density at radius 3 is 1.71 bits per heavy atom. The van der Waals surface area contributed by atoms with Crippen LogP contribution in [0.4, 0.5) is 5.69 Å². The average molecular weight is 522 g/mol. The van der Waals surface area contributed by atoms with Gasteiger partial charge < -0.3 is 4.57 Å². The molecule has 0 radical (unpaired) electrons. The van der Waals surface area contributed by atoms with Gasteiger partial charge in [-0.3, -0.25) is 0 Å². The van der Waals surface area contributed by atoms with Crippen molar-refractivity contribution >= 4 is 27.5 Å². The lowest BCUT2D eigenvalue weighted by molar-refractivity contribution is 1.18. The molecule has 7 aromatic rings. The van der Waals surface area contributed by atoms with E-state index in [4.69, 9.17) is 6.57 Å². The van der Waals surface area contributed by atoms with Gasteiger partial charge >= 0.3 is 0 Å². The molecule has 0 N–H and O–H groups in total. The monoisotopic (exact) mass is 521 g/mol. The van der Waals surface area contributed by atoms with E-state index in [2.05, 4.69) is 100 Å². The number of fused-ring (bicyclic) bond motifs is 3. The van der Waals surface area contributed by atoms with Gasteiger partial charge in [-0.2, -0.15) is 5.26 Å². The van der Waals surface area contributed by atoms with E-state index in [-0.39, 0.29) is 0 Å². The molecular weight excluding hydrogens is 498 g/mol. The highest BCUT2D eigenvalue weighted by atomic mass is 15.0. The van der Waals surface area contributed by atoms with Crippen molar-refractivity contribution in [2.24, 2.45) is 0 Å². The normalized spacial score (nSPS) is 10.9. The molecule has 1 heterocycles. The maximum Gasteiger partial charge on any atom is 0.189 e. The first-order chi connectivity index (χ1) is 20.2. The van der Waals surface area contributed by atoms with Gasteiger partial charge in [-0.05, 0) is 88.0 Å². The average Bonchev–Trinajstić information content (AvgIpc) is 3.39. The second kappa shape index (κ2) is 10.0.